The summed E-state index contributed by atoms with van der Waals surface area (Å²) >= 11 is 0. The Kier molecular flexibility index (Phi) is 19.1. The highest BCUT2D eigenvalue weighted by atomic mass is 16.7. The minimum absolute atomic E-state index is 0.0639. The lowest BCUT2D eigenvalue weighted by Crippen LogP contribution is -2.32. The summed E-state index contributed by atoms with van der Waals surface area (Å²) in [4.78, 5) is 44.0. The van der Waals surface area contributed by atoms with E-state index < -0.39 is 42.3 Å². The van der Waals surface area contributed by atoms with Gasteiger partial charge in [-0.2, -0.15) is 0 Å². The molecule has 0 spiro atoms. The number of aliphatic carboxylic acids is 3. The Morgan fingerprint density at radius 3 is 1.33 bits per heavy atom. The topological polar surface area (TPSA) is 274 Å². The molecule has 3 heterocycles. The molecular weight excluding hydrogens is 756 g/mol. The van der Waals surface area contributed by atoms with Crippen molar-refractivity contribution in [1.29, 1.82) is 0 Å². The van der Waals surface area contributed by atoms with Crippen molar-refractivity contribution in [3.63, 3.8) is 0 Å². The van der Waals surface area contributed by atoms with Crippen LogP contribution in [0.2, 0.25) is 0 Å². The predicted molar refractivity (Wildman–Crippen MR) is 210 cm³/mol. The van der Waals surface area contributed by atoms with E-state index in [0.717, 1.165) is 35.2 Å². The van der Waals surface area contributed by atoms with E-state index in [1.54, 1.807) is 24.3 Å². The number of rotatable bonds is 18. The highest BCUT2D eigenvalue weighted by molar-refractivity contribution is 5.96. The average Bonchev–Trinajstić information content (AvgIpc) is 4.04. The van der Waals surface area contributed by atoms with E-state index in [9.17, 15) is 19.2 Å². The van der Waals surface area contributed by atoms with Gasteiger partial charge in [-0.15, -0.1) is 0 Å². The fraction of sp³-hybridized carbons (Fsp3) is 0.463. The van der Waals surface area contributed by atoms with Gasteiger partial charge in [-0.05, 0) is 60.1 Å². The molecular formula is C41H54N4O13. The summed E-state index contributed by atoms with van der Waals surface area (Å²) in [5, 5.41) is 29.4. The van der Waals surface area contributed by atoms with Crippen molar-refractivity contribution in [3.05, 3.63) is 101 Å². The molecule has 3 aromatic carbocycles. The third kappa shape index (κ3) is 16.6. The third-order valence-corrected chi connectivity index (χ3v) is 9.14. The summed E-state index contributed by atoms with van der Waals surface area (Å²) in [5.41, 5.74) is 21.7. The largest absolute Gasteiger partial charge is 0.480 e. The van der Waals surface area contributed by atoms with Crippen molar-refractivity contribution in [1.82, 2.24) is 0 Å². The summed E-state index contributed by atoms with van der Waals surface area (Å²) in [6.45, 7) is 4.26. The Hall–Kier alpha value is -4.82. The first-order chi connectivity index (χ1) is 27.9. The first kappa shape index (κ1) is 45.9. The number of benzene rings is 3. The maximum atomic E-state index is 12.0. The van der Waals surface area contributed by atoms with Crippen LogP contribution in [0.15, 0.2) is 72.8 Å². The number of carbonyl (C=O) groups is 4. The fourth-order valence-corrected chi connectivity index (χ4v) is 5.83. The molecule has 0 aromatic heterocycles. The third-order valence-electron chi connectivity index (χ3n) is 9.14. The lowest BCUT2D eigenvalue weighted by molar-refractivity contribution is -0.139. The van der Waals surface area contributed by atoms with Crippen molar-refractivity contribution in [2.75, 3.05) is 51.5 Å². The predicted octanol–water partition coefficient (Wildman–Crippen LogP) is 1.96. The summed E-state index contributed by atoms with van der Waals surface area (Å²) in [6.07, 6.45) is 2.09. The van der Waals surface area contributed by atoms with Gasteiger partial charge in [0.25, 0.3) is 0 Å². The second-order valence-corrected chi connectivity index (χ2v) is 13.7. The van der Waals surface area contributed by atoms with Gasteiger partial charge >= 0.3 is 17.9 Å². The van der Waals surface area contributed by atoms with Gasteiger partial charge in [0, 0.05) is 17.7 Å². The van der Waals surface area contributed by atoms with Crippen molar-refractivity contribution >= 4 is 29.4 Å². The number of nitrogens with one attached hydrogen (secondary N) is 1. The summed E-state index contributed by atoms with van der Waals surface area (Å²) in [6, 6.07) is 19.5. The second kappa shape index (κ2) is 24.2. The molecule has 3 aliphatic heterocycles. The monoisotopic (exact) mass is 810 g/mol. The number of nitrogens with two attached hydrogens (primary N) is 3. The molecule has 3 aromatic rings. The molecule has 17 heteroatoms. The zero-order chi connectivity index (χ0) is 41.9. The number of Topliss-reactive ketones (excluding diaryl/α,β-unsaturated/α-hetero) is 1. The molecule has 0 aliphatic carbocycles. The zero-order valence-electron chi connectivity index (χ0n) is 32.2. The Labute approximate surface area is 336 Å². The van der Waals surface area contributed by atoms with E-state index in [1.807, 2.05) is 48.5 Å². The Morgan fingerprint density at radius 1 is 0.534 bits per heavy atom. The summed E-state index contributed by atoms with van der Waals surface area (Å²) in [5.74, 6) is -3.07. The van der Waals surface area contributed by atoms with E-state index in [1.165, 1.54) is 5.56 Å². The molecule has 3 atom stereocenters. The van der Waals surface area contributed by atoms with Crippen LogP contribution in [-0.2, 0) is 68.5 Å². The van der Waals surface area contributed by atoms with Crippen LogP contribution in [0.5, 0.6) is 0 Å². The minimum atomic E-state index is -1.04. The van der Waals surface area contributed by atoms with Crippen molar-refractivity contribution < 1.29 is 62.9 Å². The van der Waals surface area contributed by atoms with Gasteiger partial charge in [0.1, 0.15) is 18.1 Å². The average molecular weight is 811 g/mol. The number of carboxylic acids is 3. The van der Waals surface area contributed by atoms with E-state index >= 15 is 0 Å². The molecule has 3 unspecified atom stereocenters. The number of carbonyl (C=O) groups excluding carboxylic acids is 1. The molecule has 10 N–H and O–H groups in total. The van der Waals surface area contributed by atoms with Crippen LogP contribution in [-0.4, -0.2) is 122 Å². The van der Waals surface area contributed by atoms with Gasteiger partial charge in [-0.25, -0.2) is 0 Å². The minimum Gasteiger partial charge on any atom is -0.480 e. The van der Waals surface area contributed by atoms with Crippen LogP contribution in [0.25, 0.3) is 0 Å². The number of hydrogen-bond acceptors (Lipinski definition) is 14. The van der Waals surface area contributed by atoms with Crippen LogP contribution in [0.4, 0.5) is 5.69 Å². The van der Waals surface area contributed by atoms with Crippen LogP contribution < -0.4 is 22.5 Å². The molecule has 3 fully saturated rings. The van der Waals surface area contributed by atoms with Gasteiger partial charge in [-0.1, -0.05) is 60.7 Å². The first-order valence-electron chi connectivity index (χ1n) is 19.0. The van der Waals surface area contributed by atoms with E-state index in [0.29, 0.717) is 64.6 Å². The van der Waals surface area contributed by atoms with Gasteiger partial charge in [0.2, 0.25) is 0 Å². The highest BCUT2D eigenvalue weighted by Gasteiger charge is 2.21. The van der Waals surface area contributed by atoms with E-state index in [2.05, 4.69) is 5.32 Å². The lowest BCUT2D eigenvalue weighted by Gasteiger charge is -2.12. The number of hydrogen-bond donors (Lipinski definition) is 7. The quantitative estimate of drug-likeness (QED) is 0.0905. The second-order valence-electron chi connectivity index (χ2n) is 13.7. The van der Waals surface area contributed by atoms with Crippen LogP contribution in [0.1, 0.15) is 45.5 Å². The molecule has 17 nitrogen and oxygen atoms in total. The smallest absolute Gasteiger partial charge is 0.320 e. The van der Waals surface area contributed by atoms with Crippen LogP contribution in [0.3, 0.4) is 0 Å². The zero-order valence-corrected chi connectivity index (χ0v) is 32.2. The Morgan fingerprint density at radius 2 is 0.897 bits per heavy atom. The number of ketones is 1. The maximum Gasteiger partial charge on any atom is 0.320 e. The molecule has 58 heavy (non-hydrogen) atoms. The van der Waals surface area contributed by atoms with Crippen LogP contribution >= 0.6 is 0 Å². The van der Waals surface area contributed by atoms with Crippen molar-refractivity contribution in [2.45, 2.75) is 75.5 Å². The molecule has 0 saturated carbocycles. The van der Waals surface area contributed by atoms with Crippen molar-refractivity contribution in [3.8, 4) is 0 Å². The van der Waals surface area contributed by atoms with E-state index in [-0.39, 0.29) is 31.2 Å². The molecule has 0 amide bonds. The highest BCUT2D eigenvalue weighted by Crippen LogP contribution is 2.16. The first-order valence-corrected chi connectivity index (χ1v) is 19.0. The SMILES string of the molecule is NC(Cc1ccc(C(=O)CC2OCCO2)cc1)C(=O)O.NC(Cc1ccc(CCC2OCCO2)cc1)C(=O)O.NC(Cc1ccc(NCC2OCCO2)cc1)C(=O)O. The molecule has 3 saturated heterocycles. The summed E-state index contributed by atoms with van der Waals surface area (Å²) < 4.78 is 31.8. The molecule has 316 valence electrons. The molecule has 0 radical (unpaired) electrons. The van der Waals surface area contributed by atoms with Crippen molar-refractivity contribution in [2.24, 2.45) is 17.2 Å². The van der Waals surface area contributed by atoms with E-state index in [4.69, 9.17) is 60.9 Å². The molecule has 0 bridgehead atoms. The molecule has 6 rings (SSSR count). The lowest BCUT2D eigenvalue weighted by atomic mass is 10.0. The van der Waals surface area contributed by atoms with Gasteiger partial charge in [0.15, 0.2) is 24.7 Å². The molecule has 3 aliphatic rings. The standard InChI is InChI=1S/C14H17NO5.C14H19NO4.C13H18N2O4/c15-11(14(17)18)7-9-1-3-10(4-2-9)12(16)8-13-19-5-6-20-13;15-12(14(16)17)9-11-3-1-10(2-4-11)5-6-13-18-7-8-19-13;14-11(13(16)17)7-9-1-3-10(4-2-9)15-8-12-18-5-6-19-12/h1-4,11,13H,5-8,15H2,(H,17,18);1-4,12-13H,5-9,15H2,(H,16,17);1-4,11-12,15H,5-8,14H2,(H,16,17). The van der Waals surface area contributed by atoms with Gasteiger partial charge in [-0.3, -0.25) is 19.2 Å². The normalized spacial score (nSPS) is 17.3. The summed E-state index contributed by atoms with van der Waals surface area (Å²) in [7, 11) is 0. The maximum absolute atomic E-state index is 12.0. The van der Waals surface area contributed by atoms with Crippen LogP contribution in [0, 0.1) is 0 Å². The number of anilines is 1. The fourth-order valence-electron chi connectivity index (χ4n) is 5.83. The number of ether oxygens (including phenoxy) is 6. The number of carboxylic acid groups (broad SMARTS) is 3. The van der Waals surface area contributed by atoms with Gasteiger partial charge in [0.05, 0.1) is 52.6 Å². The number of aryl methyl sites for hydroxylation is 1. The Bertz CT molecular complexity index is 1630. The van der Waals surface area contributed by atoms with Gasteiger partial charge < -0.3 is 66.3 Å². The Balaban J connectivity index is 0.000000193.